The molecule has 320 valence electrons. The molecular weight excluding hydrogens is 737 g/mol. The maximum absolute atomic E-state index is 13.2. The first-order valence-electron chi connectivity index (χ1n) is 22.2. The van der Waals surface area contributed by atoms with E-state index < -0.39 is 9.84 Å². The second-order valence-electron chi connectivity index (χ2n) is 14.8. The van der Waals surface area contributed by atoms with Gasteiger partial charge in [0.15, 0.2) is 0 Å². The molecule has 0 bridgehead atoms. The number of carbonyl (C=O) groups excluding carboxylic acids is 2. The highest BCUT2D eigenvalue weighted by molar-refractivity contribution is 7.91. The standard InChI is InChI=1S/C48H74O8S/c1-3-5-7-9-11-13-15-17-19-21-23-25-27-29-47(49)55-41-39-53-43-31-35-45(36-32-43)57(51,52)46-37-33-44(34-38-46)54-40-42-56-48(50)30-28-26-24-22-20-18-16-14-12-10-8-6-4-2/h19-22,31-38H,3-18,23-30,39-42H2,1-2H3/b21-19+,22-20+. The van der Waals surface area contributed by atoms with Gasteiger partial charge in [0, 0.05) is 12.8 Å². The maximum atomic E-state index is 13.2. The second kappa shape index (κ2) is 33.4. The van der Waals surface area contributed by atoms with Crippen molar-refractivity contribution in [3.8, 4) is 11.5 Å². The fraction of sp³-hybridized carbons (Fsp3) is 0.625. The number of sulfone groups is 1. The largest absolute Gasteiger partial charge is 0.490 e. The molecule has 0 saturated heterocycles. The fourth-order valence-electron chi connectivity index (χ4n) is 6.31. The predicted octanol–water partition coefficient (Wildman–Crippen LogP) is 12.9. The summed E-state index contributed by atoms with van der Waals surface area (Å²) in [6, 6.07) is 12.3. The van der Waals surface area contributed by atoms with Crippen molar-refractivity contribution in [3.63, 3.8) is 0 Å². The third-order valence-corrected chi connectivity index (χ3v) is 11.6. The molecule has 0 aliphatic rings. The zero-order valence-electron chi connectivity index (χ0n) is 35.4. The first kappa shape index (κ1) is 49.6. The summed E-state index contributed by atoms with van der Waals surface area (Å²) in [6.45, 7) is 5.11. The molecule has 0 aliphatic heterocycles. The molecule has 0 heterocycles. The second-order valence-corrected chi connectivity index (χ2v) is 16.8. The molecule has 0 saturated carbocycles. The number of ether oxygens (including phenoxy) is 4. The molecule has 8 nitrogen and oxygen atoms in total. The number of esters is 2. The molecule has 2 rings (SSSR count). The minimum atomic E-state index is -3.75. The molecule has 2 aromatic rings. The highest BCUT2D eigenvalue weighted by Gasteiger charge is 2.18. The van der Waals surface area contributed by atoms with Crippen LogP contribution in [0.4, 0.5) is 0 Å². The van der Waals surface area contributed by atoms with E-state index in [4.69, 9.17) is 18.9 Å². The molecule has 0 amide bonds. The summed E-state index contributed by atoms with van der Waals surface area (Å²) in [5.74, 6) is 0.500. The Morgan fingerprint density at radius 1 is 0.439 bits per heavy atom. The molecule has 0 spiro atoms. The lowest BCUT2D eigenvalue weighted by atomic mass is 10.1. The number of carbonyl (C=O) groups is 2. The molecule has 0 unspecified atom stereocenters. The normalized spacial score (nSPS) is 11.7. The summed E-state index contributed by atoms with van der Waals surface area (Å²) < 4.78 is 48.3. The number of rotatable bonds is 36. The van der Waals surface area contributed by atoms with E-state index in [1.807, 2.05) is 0 Å². The lowest BCUT2D eigenvalue weighted by Gasteiger charge is -2.10. The van der Waals surface area contributed by atoms with E-state index in [1.165, 1.54) is 114 Å². The van der Waals surface area contributed by atoms with Gasteiger partial charge in [-0.25, -0.2) is 8.42 Å². The van der Waals surface area contributed by atoms with Gasteiger partial charge in [0.05, 0.1) is 9.79 Å². The van der Waals surface area contributed by atoms with Crippen LogP contribution in [0.3, 0.4) is 0 Å². The summed E-state index contributed by atoms with van der Waals surface area (Å²) in [5.41, 5.74) is 0. The first-order chi connectivity index (χ1) is 27.9. The van der Waals surface area contributed by atoms with Gasteiger partial charge < -0.3 is 18.9 Å². The summed E-state index contributed by atoms with van der Waals surface area (Å²) >= 11 is 0. The van der Waals surface area contributed by atoms with Gasteiger partial charge in [-0.3, -0.25) is 9.59 Å². The van der Waals surface area contributed by atoms with Crippen molar-refractivity contribution in [2.24, 2.45) is 0 Å². The highest BCUT2D eigenvalue weighted by atomic mass is 32.2. The third kappa shape index (κ3) is 25.4. The Morgan fingerprint density at radius 2 is 0.754 bits per heavy atom. The van der Waals surface area contributed by atoms with Gasteiger partial charge in [-0.05, 0) is 113 Å². The number of benzene rings is 2. The topological polar surface area (TPSA) is 105 Å². The van der Waals surface area contributed by atoms with Gasteiger partial charge >= 0.3 is 11.9 Å². The average Bonchev–Trinajstić information content (AvgIpc) is 3.22. The van der Waals surface area contributed by atoms with Crippen molar-refractivity contribution in [1.29, 1.82) is 0 Å². The smallest absolute Gasteiger partial charge is 0.305 e. The van der Waals surface area contributed by atoms with E-state index >= 15 is 0 Å². The van der Waals surface area contributed by atoms with Gasteiger partial charge in [-0.1, -0.05) is 115 Å². The van der Waals surface area contributed by atoms with Crippen molar-refractivity contribution >= 4 is 21.8 Å². The quantitative estimate of drug-likeness (QED) is 0.0381. The molecule has 0 aliphatic carbocycles. The van der Waals surface area contributed by atoms with Crippen LogP contribution in [0.5, 0.6) is 11.5 Å². The predicted molar refractivity (Wildman–Crippen MR) is 232 cm³/mol. The van der Waals surface area contributed by atoms with Crippen molar-refractivity contribution < 1.29 is 37.0 Å². The Hall–Kier alpha value is -3.59. The van der Waals surface area contributed by atoms with Crippen LogP contribution in [-0.2, 0) is 28.9 Å². The Labute approximate surface area is 346 Å². The van der Waals surface area contributed by atoms with E-state index in [0.29, 0.717) is 24.3 Å². The van der Waals surface area contributed by atoms with Gasteiger partial charge in [-0.15, -0.1) is 0 Å². The number of hydrogen-bond acceptors (Lipinski definition) is 8. The van der Waals surface area contributed by atoms with Crippen LogP contribution in [0.15, 0.2) is 82.6 Å². The zero-order chi connectivity index (χ0) is 41.1. The van der Waals surface area contributed by atoms with Crippen molar-refractivity contribution in [3.05, 3.63) is 72.8 Å². The van der Waals surface area contributed by atoms with Crippen LogP contribution in [0.25, 0.3) is 0 Å². The average molecular weight is 811 g/mol. The summed E-state index contributed by atoms with van der Waals surface area (Å²) in [7, 11) is -3.75. The Balaban J connectivity index is 1.52. The minimum Gasteiger partial charge on any atom is -0.490 e. The van der Waals surface area contributed by atoms with Crippen molar-refractivity contribution in [1.82, 2.24) is 0 Å². The monoisotopic (exact) mass is 811 g/mol. The fourth-order valence-corrected chi connectivity index (χ4v) is 7.57. The highest BCUT2D eigenvalue weighted by Crippen LogP contribution is 2.25. The minimum absolute atomic E-state index is 0.131. The van der Waals surface area contributed by atoms with E-state index in [9.17, 15) is 18.0 Å². The van der Waals surface area contributed by atoms with Crippen LogP contribution in [-0.4, -0.2) is 46.8 Å². The molecule has 0 radical (unpaired) electrons. The Kier molecular flexibility index (Phi) is 29.0. The molecule has 2 aromatic carbocycles. The summed E-state index contributed by atoms with van der Waals surface area (Å²) in [6.07, 6.45) is 36.1. The Morgan fingerprint density at radius 3 is 1.11 bits per heavy atom. The Bertz CT molecular complexity index is 1360. The zero-order valence-corrected chi connectivity index (χ0v) is 36.2. The van der Waals surface area contributed by atoms with Crippen LogP contribution in [0, 0.1) is 0 Å². The molecule has 0 aromatic heterocycles. The van der Waals surface area contributed by atoms with E-state index in [0.717, 1.165) is 51.4 Å². The van der Waals surface area contributed by atoms with E-state index in [2.05, 4.69) is 38.2 Å². The summed E-state index contributed by atoms with van der Waals surface area (Å²) in [4.78, 5) is 24.4. The number of hydrogen-bond donors (Lipinski definition) is 0. The molecule has 0 atom stereocenters. The molecule has 9 heteroatoms. The van der Waals surface area contributed by atoms with Crippen LogP contribution in [0.2, 0.25) is 0 Å². The molecule has 57 heavy (non-hydrogen) atoms. The molecule has 0 N–H and O–H groups in total. The van der Waals surface area contributed by atoms with E-state index in [-0.39, 0.29) is 48.2 Å². The van der Waals surface area contributed by atoms with Gasteiger partial charge in [-0.2, -0.15) is 0 Å². The van der Waals surface area contributed by atoms with Crippen molar-refractivity contribution in [2.75, 3.05) is 26.4 Å². The van der Waals surface area contributed by atoms with Crippen molar-refractivity contribution in [2.45, 2.75) is 178 Å². The van der Waals surface area contributed by atoms with E-state index in [1.54, 1.807) is 24.3 Å². The lowest BCUT2D eigenvalue weighted by molar-refractivity contribution is -0.145. The first-order valence-corrected chi connectivity index (χ1v) is 23.7. The molecule has 0 fully saturated rings. The van der Waals surface area contributed by atoms with Gasteiger partial charge in [0.25, 0.3) is 0 Å². The van der Waals surface area contributed by atoms with Crippen LogP contribution in [0.1, 0.15) is 168 Å². The van der Waals surface area contributed by atoms with Gasteiger partial charge in [0.1, 0.15) is 37.9 Å². The number of unbranched alkanes of at least 4 members (excludes halogenated alkanes) is 18. The number of allylic oxidation sites excluding steroid dienone is 4. The third-order valence-electron chi connectivity index (χ3n) is 9.78. The lowest BCUT2D eigenvalue weighted by Crippen LogP contribution is -2.12. The van der Waals surface area contributed by atoms with Crippen LogP contribution < -0.4 is 9.47 Å². The maximum Gasteiger partial charge on any atom is 0.305 e. The van der Waals surface area contributed by atoms with Gasteiger partial charge in [0.2, 0.25) is 9.84 Å². The summed E-state index contributed by atoms with van der Waals surface area (Å²) in [5, 5.41) is 0. The van der Waals surface area contributed by atoms with Crippen LogP contribution >= 0.6 is 0 Å². The molecular formula is C48H74O8S. The SMILES string of the molecule is CCCCCCCCC/C=C/CCCCC(=O)OCCOc1ccc(S(=O)(=O)c2ccc(OCCOC(=O)CCCC/C=C/CCCCCCCCC)cc2)cc1.